The molecular formula is C11H17ClN2O3. The zero-order chi connectivity index (χ0) is 12.0. The van der Waals surface area contributed by atoms with Crippen molar-refractivity contribution in [3.63, 3.8) is 0 Å². The van der Waals surface area contributed by atoms with Crippen molar-refractivity contribution in [2.45, 2.75) is 6.54 Å². The second-order valence-electron chi connectivity index (χ2n) is 3.13. The van der Waals surface area contributed by atoms with E-state index in [0.717, 1.165) is 5.56 Å². The maximum absolute atomic E-state index is 11.0. The van der Waals surface area contributed by atoms with Crippen LogP contribution in [0.15, 0.2) is 18.2 Å². The van der Waals surface area contributed by atoms with Gasteiger partial charge in [0.05, 0.1) is 20.8 Å². The topological polar surface area (TPSA) is 73.6 Å². The third-order valence-electron chi connectivity index (χ3n) is 2.15. The lowest BCUT2D eigenvalue weighted by molar-refractivity contribution is -0.119. The average molecular weight is 261 g/mol. The molecule has 1 aromatic rings. The van der Waals surface area contributed by atoms with Crippen LogP contribution in [-0.2, 0) is 11.3 Å². The molecule has 0 aromatic heterocycles. The lowest BCUT2D eigenvalue weighted by atomic mass is 10.2. The number of ether oxygens (including phenoxy) is 2. The van der Waals surface area contributed by atoms with E-state index in [1.54, 1.807) is 20.3 Å². The lowest BCUT2D eigenvalue weighted by Gasteiger charge is -2.12. The first-order valence-corrected chi connectivity index (χ1v) is 4.89. The van der Waals surface area contributed by atoms with Gasteiger partial charge in [-0.2, -0.15) is 0 Å². The first kappa shape index (κ1) is 15.5. The normalized spacial score (nSPS) is 9.12. The average Bonchev–Trinajstić information content (AvgIpc) is 2.34. The van der Waals surface area contributed by atoms with Crippen molar-refractivity contribution >= 4 is 18.3 Å². The van der Waals surface area contributed by atoms with Crippen LogP contribution in [0.2, 0.25) is 0 Å². The van der Waals surface area contributed by atoms with Gasteiger partial charge in [-0.3, -0.25) is 4.79 Å². The summed E-state index contributed by atoms with van der Waals surface area (Å²) in [5.41, 5.74) is 6.05. The summed E-state index contributed by atoms with van der Waals surface area (Å²) < 4.78 is 10.4. The molecule has 0 saturated heterocycles. The first-order valence-electron chi connectivity index (χ1n) is 4.89. The highest BCUT2D eigenvalue weighted by Gasteiger charge is 2.09. The Labute approximate surface area is 107 Å². The number of carbonyl (C=O) groups is 1. The second kappa shape index (κ2) is 7.76. The van der Waals surface area contributed by atoms with Crippen LogP contribution < -0.4 is 20.5 Å². The van der Waals surface area contributed by atoms with Gasteiger partial charge in [-0.1, -0.05) is 12.1 Å². The van der Waals surface area contributed by atoms with Gasteiger partial charge in [0.1, 0.15) is 0 Å². The summed E-state index contributed by atoms with van der Waals surface area (Å²) in [5, 5.41) is 2.68. The number of methoxy groups -OCH3 is 2. The molecule has 0 spiro atoms. The zero-order valence-corrected chi connectivity index (χ0v) is 10.7. The molecule has 0 fully saturated rings. The van der Waals surface area contributed by atoms with Crippen LogP contribution in [0.5, 0.6) is 11.5 Å². The minimum absolute atomic E-state index is 0. The van der Waals surface area contributed by atoms with Crippen molar-refractivity contribution in [1.29, 1.82) is 0 Å². The Hall–Kier alpha value is -1.46. The molecular weight excluding hydrogens is 244 g/mol. The van der Waals surface area contributed by atoms with Crippen LogP contribution in [0.4, 0.5) is 0 Å². The summed E-state index contributed by atoms with van der Waals surface area (Å²) >= 11 is 0. The van der Waals surface area contributed by atoms with E-state index < -0.39 is 0 Å². The highest BCUT2D eigenvalue weighted by atomic mass is 35.5. The van der Waals surface area contributed by atoms with Gasteiger partial charge >= 0.3 is 0 Å². The van der Waals surface area contributed by atoms with Crippen molar-refractivity contribution in [2.24, 2.45) is 5.73 Å². The van der Waals surface area contributed by atoms with Gasteiger partial charge in [-0.25, -0.2) is 0 Å². The molecule has 0 atom stereocenters. The molecule has 0 unspecified atom stereocenters. The summed E-state index contributed by atoms with van der Waals surface area (Å²) in [4.78, 5) is 11.0. The molecule has 0 aliphatic rings. The summed E-state index contributed by atoms with van der Waals surface area (Å²) in [6, 6.07) is 5.50. The Morgan fingerprint density at radius 2 is 2.06 bits per heavy atom. The van der Waals surface area contributed by atoms with Crippen LogP contribution in [-0.4, -0.2) is 26.7 Å². The van der Waals surface area contributed by atoms with Gasteiger partial charge in [0.15, 0.2) is 11.5 Å². The quantitative estimate of drug-likeness (QED) is 0.817. The highest BCUT2D eigenvalue weighted by Crippen LogP contribution is 2.30. The summed E-state index contributed by atoms with van der Waals surface area (Å²) in [6.07, 6.45) is 0. The maximum atomic E-state index is 11.0. The monoisotopic (exact) mass is 260 g/mol. The molecule has 1 rings (SSSR count). The largest absolute Gasteiger partial charge is 0.493 e. The fourth-order valence-corrected chi connectivity index (χ4v) is 1.36. The zero-order valence-electron chi connectivity index (χ0n) is 9.86. The fourth-order valence-electron chi connectivity index (χ4n) is 1.36. The molecule has 3 N–H and O–H groups in total. The minimum atomic E-state index is -0.204. The first-order chi connectivity index (χ1) is 7.72. The molecule has 0 aliphatic carbocycles. The Morgan fingerprint density at radius 1 is 1.35 bits per heavy atom. The number of nitrogens with two attached hydrogens (primary N) is 1. The van der Waals surface area contributed by atoms with Crippen molar-refractivity contribution in [1.82, 2.24) is 5.32 Å². The van der Waals surface area contributed by atoms with Gasteiger partial charge in [-0.15, -0.1) is 12.4 Å². The molecule has 5 nitrogen and oxygen atoms in total. The number of benzene rings is 1. The molecule has 6 heteroatoms. The Morgan fingerprint density at radius 3 is 2.59 bits per heavy atom. The smallest absolute Gasteiger partial charge is 0.234 e. The number of para-hydroxylation sites is 1. The van der Waals surface area contributed by atoms with Gasteiger partial charge in [-0.05, 0) is 6.07 Å². The molecule has 0 heterocycles. The van der Waals surface area contributed by atoms with Crippen LogP contribution in [0, 0.1) is 0 Å². The fraction of sp³-hybridized carbons (Fsp3) is 0.364. The second-order valence-corrected chi connectivity index (χ2v) is 3.13. The predicted molar refractivity (Wildman–Crippen MR) is 67.7 cm³/mol. The molecule has 0 radical (unpaired) electrons. The Kier molecular flexibility index (Phi) is 7.09. The van der Waals surface area contributed by atoms with E-state index >= 15 is 0 Å². The van der Waals surface area contributed by atoms with E-state index in [1.165, 1.54) is 0 Å². The van der Waals surface area contributed by atoms with E-state index in [9.17, 15) is 4.79 Å². The minimum Gasteiger partial charge on any atom is -0.493 e. The standard InChI is InChI=1S/C11H16N2O3.ClH/c1-15-9-5-3-4-8(11(9)16-2)7-13-10(14)6-12;/h3-5H,6-7,12H2,1-2H3,(H,13,14);1H. The lowest BCUT2D eigenvalue weighted by Crippen LogP contribution is -2.29. The molecule has 96 valence electrons. The van der Waals surface area contributed by atoms with Crippen LogP contribution in [0.25, 0.3) is 0 Å². The molecule has 0 aliphatic heterocycles. The molecule has 0 saturated carbocycles. The number of halogens is 1. The Balaban J connectivity index is 0.00000256. The van der Waals surface area contributed by atoms with Gasteiger partial charge in [0.2, 0.25) is 5.91 Å². The van der Waals surface area contributed by atoms with Crippen molar-refractivity contribution < 1.29 is 14.3 Å². The summed E-state index contributed by atoms with van der Waals surface area (Å²) in [7, 11) is 3.13. The molecule has 0 bridgehead atoms. The van der Waals surface area contributed by atoms with Crippen molar-refractivity contribution in [3.8, 4) is 11.5 Å². The van der Waals surface area contributed by atoms with E-state index in [2.05, 4.69) is 5.32 Å². The number of rotatable bonds is 5. The van der Waals surface area contributed by atoms with Gasteiger partial charge in [0.25, 0.3) is 0 Å². The number of amides is 1. The number of hydrogen-bond donors (Lipinski definition) is 2. The van der Waals surface area contributed by atoms with E-state index in [-0.39, 0.29) is 24.9 Å². The van der Waals surface area contributed by atoms with Crippen LogP contribution in [0.1, 0.15) is 5.56 Å². The van der Waals surface area contributed by atoms with Gasteiger partial charge < -0.3 is 20.5 Å². The van der Waals surface area contributed by atoms with Crippen LogP contribution in [0.3, 0.4) is 0 Å². The van der Waals surface area contributed by atoms with E-state index in [4.69, 9.17) is 15.2 Å². The molecule has 1 amide bonds. The predicted octanol–water partition coefficient (Wildman–Crippen LogP) is 0.700. The third-order valence-corrected chi connectivity index (χ3v) is 2.15. The number of hydrogen-bond acceptors (Lipinski definition) is 4. The summed E-state index contributed by atoms with van der Waals surface area (Å²) in [5.74, 6) is 1.06. The highest BCUT2D eigenvalue weighted by molar-refractivity contribution is 5.85. The summed E-state index contributed by atoms with van der Waals surface area (Å²) in [6.45, 7) is 0.350. The third kappa shape index (κ3) is 4.13. The molecule has 17 heavy (non-hydrogen) atoms. The number of carbonyl (C=O) groups excluding carboxylic acids is 1. The van der Waals surface area contributed by atoms with Gasteiger partial charge in [0, 0.05) is 12.1 Å². The van der Waals surface area contributed by atoms with Crippen LogP contribution >= 0.6 is 12.4 Å². The van der Waals surface area contributed by atoms with E-state index in [0.29, 0.717) is 18.0 Å². The van der Waals surface area contributed by atoms with Crippen molar-refractivity contribution in [3.05, 3.63) is 23.8 Å². The number of nitrogens with one attached hydrogen (secondary N) is 1. The van der Waals surface area contributed by atoms with E-state index in [1.807, 2.05) is 12.1 Å². The SMILES string of the molecule is COc1cccc(CNC(=O)CN)c1OC.Cl. The van der Waals surface area contributed by atoms with Crippen molar-refractivity contribution in [2.75, 3.05) is 20.8 Å². The maximum Gasteiger partial charge on any atom is 0.234 e. The molecule has 1 aromatic carbocycles. The Bertz CT molecular complexity index is 372.